The maximum absolute atomic E-state index is 13.2. The zero-order valence-electron chi connectivity index (χ0n) is 11.2. The molecule has 2 nitrogen and oxygen atoms in total. The Morgan fingerprint density at radius 3 is 2.83 bits per heavy atom. The third-order valence-corrected chi connectivity index (χ3v) is 3.70. The van der Waals surface area contributed by atoms with E-state index in [1.165, 1.54) is 37.8 Å². The normalized spacial score (nSPS) is 23.7. The third kappa shape index (κ3) is 3.15. The summed E-state index contributed by atoms with van der Waals surface area (Å²) in [4.78, 5) is 0. The molecule has 0 heterocycles. The van der Waals surface area contributed by atoms with Crippen LogP contribution in [0, 0.1) is 11.7 Å². The number of anilines is 1. The molecular weight excluding hydrogens is 229 g/mol. The molecule has 0 radical (unpaired) electrons. The number of benzene rings is 1. The van der Waals surface area contributed by atoms with E-state index < -0.39 is 0 Å². The predicted molar refractivity (Wildman–Crippen MR) is 72.6 cm³/mol. The minimum absolute atomic E-state index is 0.249. The van der Waals surface area contributed by atoms with E-state index in [1.807, 2.05) is 6.92 Å². The lowest BCUT2D eigenvalue weighted by molar-refractivity contribution is 0.332. The van der Waals surface area contributed by atoms with Gasteiger partial charge < -0.3 is 10.1 Å². The van der Waals surface area contributed by atoms with E-state index >= 15 is 0 Å². The number of nitrogens with one attached hydrogen (secondary N) is 1. The highest BCUT2D eigenvalue weighted by molar-refractivity contribution is 5.57. The maximum Gasteiger partial charge on any atom is 0.145 e. The molecule has 1 saturated carbocycles. The Bertz CT molecular complexity index is 394. The van der Waals surface area contributed by atoms with Crippen LogP contribution < -0.4 is 10.1 Å². The van der Waals surface area contributed by atoms with Gasteiger partial charge in [-0.25, -0.2) is 4.39 Å². The van der Waals surface area contributed by atoms with Gasteiger partial charge in [0.25, 0.3) is 0 Å². The molecule has 2 atom stereocenters. The van der Waals surface area contributed by atoms with Crippen molar-refractivity contribution in [3.63, 3.8) is 0 Å². The quantitative estimate of drug-likeness (QED) is 0.865. The summed E-state index contributed by atoms with van der Waals surface area (Å²) in [5, 5.41) is 3.52. The summed E-state index contributed by atoms with van der Waals surface area (Å²) in [6, 6.07) is 5.20. The van der Waals surface area contributed by atoms with Gasteiger partial charge in [-0.05, 0) is 37.8 Å². The fraction of sp³-hybridized carbons (Fsp3) is 0.600. The van der Waals surface area contributed by atoms with Gasteiger partial charge in [0.15, 0.2) is 0 Å². The number of ether oxygens (including phenoxy) is 1. The van der Waals surface area contributed by atoms with Crippen molar-refractivity contribution < 1.29 is 9.13 Å². The molecule has 0 bridgehead atoms. The van der Waals surface area contributed by atoms with Crippen LogP contribution in [0.5, 0.6) is 5.75 Å². The zero-order chi connectivity index (χ0) is 13.0. The van der Waals surface area contributed by atoms with Gasteiger partial charge in [-0.3, -0.25) is 0 Å². The number of halogens is 1. The van der Waals surface area contributed by atoms with Gasteiger partial charge in [0.05, 0.1) is 12.3 Å². The van der Waals surface area contributed by atoms with Crippen LogP contribution in [0.1, 0.15) is 39.5 Å². The summed E-state index contributed by atoms with van der Waals surface area (Å²) in [6.45, 7) is 4.75. The van der Waals surface area contributed by atoms with Gasteiger partial charge in [-0.15, -0.1) is 0 Å². The number of hydrogen-bond donors (Lipinski definition) is 1. The molecule has 1 aromatic carbocycles. The summed E-state index contributed by atoms with van der Waals surface area (Å²) in [5.41, 5.74) is 0.914. The fourth-order valence-electron chi connectivity index (χ4n) is 2.62. The number of rotatable bonds is 4. The summed E-state index contributed by atoms with van der Waals surface area (Å²) in [7, 11) is 0. The molecule has 0 spiro atoms. The van der Waals surface area contributed by atoms with Crippen molar-refractivity contribution in [3.8, 4) is 5.75 Å². The molecule has 18 heavy (non-hydrogen) atoms. The van der Waals surface area contributed by atoms with Gasteiger partial charge in [0.1, 0.15) is 11.6 Å². The molecule has 1 N–H and O–H groups in total. The summed E-state index contributed by atoms with van der Waals surface area (Å²) in [5.74, 6) is 1.04. The summed E-state index contributed by atoms with van der Waals surface area (Å²) >= 11 is 0. The lowest BCUT2D eigenvalue weighted by atomic mass is 9.86. The molecule has 2 unspecified atom stereocenters. The third-order valence-electron chi connectivity index (χ3n) is 3.70. The van der Waals surface area contributed by atoms with Gasteiger partial charge >= 0.3 is 0 Å². The maximum atomic E-state index is 13.2. The Labute approximate surface area is 109 Å². The molecule has 1 aromatic rings. The lowest BCUT2D eigenvalue weighted by Gasteiger charge is -2.31. The molecule has 1 fully saturated rings. The van der Waals surface area contributed by atoms with Crippen molar-refractivity contribution in [2.24, 2.45) is 5.92 Å². The molecule has 1 aliphatic rings. The van der Waals surface area contributed by atoms with Crippen molar-refractivity contribution >= 4 is 5.69 Å². The summed E-state index contributed by atoms with van der Waals surface area (Å²) < 4.78 is 18.7. The highest BCUT2D eigenvalue weighted by Crippen LogP contribution is 2.31. The molecular formula is C15H22FNO. The Hall–Kier alpha value is -1.25. The second kappa shape index (κ2) is 6.07. The van der Waals surface area contributed by atoms with Crippen LogP contribution in [-0.4, -0.2) is 12.6 Å². The molecule has 3 heteroatoms. The van der Waals surface area contributed by atoms with Crippen LogP contribution in [-0.2, 0) is 0 Å². The van der Waals surface area contributed by atoms with Crippen LogP contribution in [0.4, 0.5) is 10.1 Å². The molecule has 0 aliphatic heterocycles. The Kier molecular flexibility index (Phi) is 4.45. The topological polar surface area (TPSA) is 21.3 Å². The molecule has 0 amide bonds. The van der Waals surface area contributed by atoms with E-state index in [0.717, 1.165) is 5.69 Å². The van der Waals surface area contributed by atoms with Crippen LogP contribution in [0.15, 0.2) is 18.2 Å². The largest absolute Gasteiger partial charge is 0.492 e. The van der Waals surface area contributed by atoms with E-state index in [9.17, 15) is 4.39 Å². The Morgan fingerprint density at radius 2 is 2.11 bits per heavy atom. The Balaban J connectivity index is 2.11. The van der Waals surface area contributed by atoms with Crippen molar-refractivity contribution in [1.82, 2.24) is 0 Å². The molecule has 0 saturated heterocycles. The van der Waals surface area contributed by atoms with Gasteiger partial charge in [-0.2, -0.15) is 0 Å². The van der Waals surface area contributed by atoms with Gasteiger partial charge in [-0.1, -0.05) is 19.8 Å². The van der Waals surface area contributed by atoms with E-state index in [1.54, 1.807) is 6.07 Å². The van der Waals surface area contributed by atoms with E-state index in [2.05, 4.69) is 12.2 Å². The van der Waals surface area contributed by atoms with Crippen LogP contribution in [0.2, 0.25) is 0 Å². The minimum atomic E-state index is -0.249. The first-order valence-electron chi connectivity index (χ1n) is 6.89. The monoisotopic (exact) mass is 251 g/mol. The molecule has 100 valence electrons. The first-order valence-corrected chi connectivity index (χ1v) is 6.89. The van der Waals surface area contributed by atoms with Crippen molar-refractivity contribution in [2.75, 3.05) is 11.9 Å². The average molecular weight is 251 g/mol. The van der Waals surface area contributed by atoms with Crippen molar-refractivity contribution in [2.45, 2.75) is 45.6 Å². The molecule has 0 aromatic heterocycles. The van der Waals surface area contributed by atoms with Crippen LogP contribution in [0.3, 0.4) is 0 Å². The van der Waals surface area contributed by atoms with E-state index in [0.29, 0.717) is 24.3 Å². The van der Waals surface area contributed by atoms with Crippen LogP contribution in [0.25, 0.3) is 0 Å². The SMILES string of the molecule is CCOc1cc(F)ccc1NC1CCCCC1C. The molecule has 2 rings (SSSR count). The average Bonchev–Trinajstić information content (AvgIpc) is 2.35. The van der Waals surface area contributed by atoms with Gasteiger partial charge in [0.2, 0.25) is 0 Å². The van der Waals surface area contributed by atoms with Crippen molar-refractivity contribution in [3.05, 3.63) is 24.0 Å². The second-order valence-electron chi connectivity index (χ2n) is 5.09. The first kappa shape index (κ1) is 13.2. The van der Waals surface area contributed by atoms with E-state index in [4.69, 9.17) is 4.74 Å². The smallest absolute Gasteiger partial charge is 0.145 e. The van der Waals surface area contributed by atoms with E-state index in [-0.39, 0.29) is 5.82 Å². The fourth-order valence-corrected chi connectivity index (χ4v) is 2.62. The first-order chi connectivity index (χ1) is 8.70. The zero-order valence-corrected chi connectivity index (χ0v) is 11.2. The Morgan fingerprint density at radius 1 is 1.33 bits per heavy atom. The standard InChI is InChI=1S/C15H22FNO/c1-3-18-15-10-12(16)8-9-14(15)17-13-7-5-4-6-11(13)2/h8-11,13,17H,3-7H2,1-2H3. The highest BCUT2D eigenvalue weighted by Gasteiger charge is 2.22. The number of hydrogen-bond acceptors (Lipinski definition) is 2. The lowest BCUT2D eigenvalue weighted by Crippen LogP contribution is -2.30. The minimum Gasteiger partial charge on any atom is -0.492 e. The van der Waals surface area contributed by atoms with Gasteiger partial charge in [0, 0.05) is 12.1 Å². The summed E-state index contributed by atoms with van der Waals surface area (Å²) in [6.07, 6.45) is 5.04. The highest BCUT2D eigenvalue weighted by atomic mass is 19.1. The van der Waals surface area contributed by atoms with Crippen molar-refractivity contribution in [1.29, 1.82) is 0 Å². The van der Waals surface area contributed by atoms with Crippen LogP contribution >= 0.6 is 0 Å². The molecule has 1 aliphatic carbocycles. The second-order valence-corrected chi connectivity index (χ2v) is 5.09. The predicted octanol–water partition coefficient (Wildman–Crippen LogP) is 4.22.